The molecule has 18 rings (SSSR count). The van der Waals surface area contributed by atoms with E-state index >= 15 is 0 Å². The summed E-state index contributed by atoms with van der Waals surface area (Å²) < 4.78 is 20.7. The van der Waals surface area contributed by atoms with Crippen molar-refractivity contribution in [3.63, 3.8) is 0 Å². The zero-order valence-electron chi connectivity index (χ0n) is 44.3. The fourth-order valence-corrected chi connectivity index (χ4v) is 13.0. The lowest BCUT2D eigenvalue weighted by Gasteiger charge is -2.12. The van der Waals surface area contributed by atoms with Crippen LogP contribution in [-0.2, 0) is 0 Å². The molecule has 0 fully saturated rings. The largest absolute Gasteiger partial charge is 0.452 e. The summed E-state index contributed by atoms with van der Waals surface area (Å²) >= 11 is 0. The molecule has 0 amide bonds. The predicted octanol–water partition coefficient (Wildman–Crippen LogP) is 19.0. The van der Waals surface area contributed by atoms with E-state index < -0.39 is 0 Å². The smallest absolute Gasteiger partial charge is 0.236 e. The first-order valence-electron chi connectivity index (χ1n) is 27.9. The first kappa shape index (κ1) is 45.4. The highest BCUT2D eigenvalue weighted by Crippen LogP contribution is 2.45. The molecule has 0 aliphatic carbocycles. The molecule has 0 bridgehead atoms. The zero-order valence-corrected chi connectivity index (χ0v) is 44.3. The number of benzene rings is 11. The van der Waals surface area contributed by atoms with Crippen molar-refractivity contribution in [2.75, 3.05) is 0 Å². The van der Waals surface area contributed by atoms with Gasteiger partial charge in [-0.15, -0.1) is 0 Å². The Hall–Kier alpha value is -11.4. The molecule has 0 atom stereocenters. The summed E-state index contributed by atoms with van der Waals surface area (Å²) in [6.45, 7) is 0. The average molecular weight is 1060 g/mol. The van der Waals surface area contributed by atoms with E-state index in [1.54, 1.807) is 0 Å². The molecular weight excluding hydrogens is 1020 g/mol. The maximum Gasteiger partial charge on any atom is 0.236 e. The Morgan fingerprint density at radius 1 is 0.289 bits per heavy atom. The molecule has 9 nitrogen and oxygen atoms in total. The predicted molar refractivity (Wildman–Crippen MR) is 337 cm³/mol. The fraction of sp³-hybridized carbons (Fsp3) is 0. The molecule has 18 aromatic rings. The second kappa shape index (κ2) is 17.5. The van der Waals surface area contributed by atoms with Crippen LogP contribution in [0, 0.1) is 0 Å². The average Bonchev–Trinajstić information content (AvgIpc) is 4.22. The van der Waals surface area contributed by atoms with Crippen LogP contribution in [0.5, 0.6) is 0 Å². The summed E-state index contributed by atoms with van der Waals surface area (Å²) in [6.07, 6.45) is 0. The van der Waals surface area contributed by atoms with Crippen molar-refractivity contribution in [3.05, 3.63) is 261 Å². The van der Waals surface area contributed by atoms with Gasteiger partial charge in [0.05, 0.1) is 44.2 Å². The van der Waals surface area contributed by atoms with Crippen molar-refractivity contribution in [2.24, 2.45) is 0 Å². The van der Waals surface area contributed by atoms with Gasteiger partial charge < -0.3 is 18.0 Å². The number of fused-ring (bicyclic) bond motifs is 15. The molecule has 0 aliphatic rings. The Morgan fingerprint density at radius 2 is 0.771 bits per heavy atom. The standard InChI is InChI=1S/C74H43N7O2/c1-5-21-44(22-6-1)68-67-57-40-63-55(51-31-15-18-34-59(51)79(63)47-25-9-3-10-26-47)42-65(57)83-73(67)78-72(75-68)53-33-14-13-29-49(53)46-37-38-62-54(39-46)50-30-17-20-36-61(50)81(62)74-76-69(45-23-7-2-8-24-45)71-70(77-74)58-41-64-56(43-66(58)82-71)52-32-16-19-35-60(52)80(64)48-27-11-4-12-28-48/h1-43H. The van der Waals surface area contributed by atoms with Crippen LogP contribution >= 0.6 is 0 Å². The molecule has 0 radical (unpaired) electrons. The Labute approximate surface area is 472 Å². The third-order valence-corrected chi connectivity index (χ3v) is 16.7. The Balaban J connectivity index is 0.826. The summed E-state index contributed by atoms with van der Waals surface area (Å²) in [5.74, 6) is 1.12. The monoisotopic (exact) mass is 1060 g/mol. The van der Waals surface area contributed by atoms with Gasteiger partial charge in [0.15, 0.2) is 11.4 Å². The van der Waals surface area contributed by atoms with Crippen LogP contribution in [0.4, 0.5) is 0 Å². The molecule has 386 valence electrons. The second-order valence-electron chi connectivity index (χ2n) is 21.3. The van der Waals surface area contributed by atoms with Crippen molar-refractivity contribution in [2.45, 2.75) is 0 Å². The summed E-state index contributed by atoms with van der Waals surface area (Å²) in [6, 6.07) is 91.3. The molecule has 7 heterocycles. The Bertz CT molecular complexity index is 5680. The second-order valence-corrected chi connectivity index (χ2v) is 21.3. The van der Waals surface area contributed by atoms with Crippen molar-refractivity contribution in [3.8, 4) is 62.4 Å². The quantitative estimate of drug-likeness (QED) is 0.158. The molecule has 11 aromatic carbocycles. The molecule has 0 aliphatic heterocycles. The maximum absolute atomic E-state index is 6.93. The Morgan fingerprint density at radius 3 is 1.39 bits per heavy atom. The molecule has 0 N–H and O–H groups in total. The first-order chi connectivity index (χ1) is 41.2. The van der Waals surface area contributed by atoms with Gasteiger partial charge in [-0.3, -0.25) is 4.57 Å². The summed E-state index contributed by atoms with van der Waals surface area (Å²) in [7, 11) is 0. The summed E-state index contributed by atoms with van der Waals surface area (Å²) in [5, 5.41) is 9.39. The Kier molecular flexibility index (Phi) is 9.60. The molecule has 0 spiro atoms. The lowest BCUT2D eigenvalue weighted by atomic mass is 9.97. The SMILES string of the molecule is c1ccc(-c2nc(-n3c4ccccc4c4cc(-c5ccccc5-c5nc(-c6ccccc6)c6c(n5)oc5cc7c8ccccc8n(-c8ccccc8)c7cc56)ccc43)nc3c2oc2cc4c5ccccc5n(-c5ccccc5)c4cc23)cc1. The first-order valence-corrected chi connectivity index (χ1v) is 27.9. The lowest BCUT2D eigenvalue weighted by molar-refractivity contribution is 0.654. The molecular formula is C74H43N7O2. The van der Waals surface area contributed by atoms with Gasteiger partial charge in [0.1, 0.15) is 22.4 Å². The minimum absolute atomic E-state index is 0.528. The number of hydrogen-bond donors (Lipinski definition) is 0. The summed E-state index contributed by atoms with van der Waals surface area (Å²) in [4.78, 5) is 21.9. The van der Waals surface area contributed by atoms with E-state index in [-0.39, 0.29) is 0 Å². The molecule has 0 saturated carbocycles. The van der Waals surface area contributed by atoms with Gasteiger partial charge in [-0.2, -0.15) is 4.98 Å². The molecule has 9 heteroatoms. The zero-order chi connectivity index (χ0) is 54.3. The normalized spacial score (nSPS) is 12.1. The molecule has 0 saturated heterocycles. The van der Waals surface area contributed by atoms with Crippen LogP contribution in [-0.4, -0.2) is 33.6 Å². The van der Waals surface area contributed by atoms with Crippen molar-refractivity contribution < 1.29 is 8.83 Å². The number of furan rings is 2. The summed E-state index contributed by atoms with van der Waals surface area (Å²) in [5.41, 5.74) is 18.3. The highest BCUT2D eigenvalue weighted by Gasteiger charge is 2.26. The van der Waals surface area contributed by atoms with Gasteiger partial charge in [0, 0.05) is 71.2 Å². The lowest BCUT2D eigenvalue weighted by Crippen LogP contribution is -2.03. The van der Waals surface area contributed by atoms with E-state index in [2.05, 4.69) is 250 Å². The van der Waals surface area contributed by atoms with E-state index in [9.17, 15) is 0 Å². The highest BCUT2D eigenvalue weighted by atomic mass is 16.3. The minimum atomic E-state index is 0.528. The van der Waals surface area contributed by atoms with Gasteiger partial charge in [-0.1, -0.05) is 182 Å². The van der Waals surface area contributed by atoms with Crippen LogP contribution < -0.4 is 0 Å². The van der Waals surface area contributed by atoms with Crippen molar-refractivity contribution in [1.82, 2.24) is 33.6 Å². The number of hydrogen-bond acceptors (Lipinski definition) is 6. The number of para-hydroxylation sites is 5. The van der Waals surface area contributed by atoms with Crippen LogP contribution in [0.2, 0.25) is 0 Å². The van der Waals surface area contributed by atoms with E-state index in [0.29, 0.717) is 23.1 Å². The van der Waals surface area contributed by atoms with E-state index in [4.69, 9.17) is 28.8 Å². The molecule has 7 aromatic heterocycles. The van der Waals surface area contributed by atoms with Crippen LogP contribution in [0.1, 0.15) is 0 Å². The van der Waals surface area contributed by atoms with Gasteiger partial charge in [-0.25, -0.2) is 15.0 Å². The number of nitrogens with zero attached hydrogens (tertiary/aromatic N) is 7. The van der Waals surface area contributed by atoms with Gasteiger partial charge >= 0.3 is 0 Å². The molecule has 83 heavy (non-hydrogen) atoms. The fourth-order valence-electron chi connectivity index (χ4n) is 13.0. The van der Waals surface area contributed by atoms with Crippen LogP contribution in [0.25, 0.3) is 172 Å². The van der Waals surface area contributed by atoms with E-state index in [1.807, 2.05) is 24.3 Å². The number of aromatic nitrogens is 7. The van der Waals surface area contributed by atoms with Gasteiger partial charge in [0.25, 0.3) is 0 Å². The van der Waals surface area contributed by atoms with E-state index in [0.717, 1.165) is 149 Å². The minimum Gasteiger partial charge on any atom is -0.452 e. The third-order valence-electron chi connectivity index (χ3n) is 16.7. The van der Waals surface area contributed by atoms with Crippen molar-refractivity contribution >= 4 is 110 Å². The number of rotatable bonds is 7. The van der Waals surface area contributed by atoms with Gasteiger partial charge in [-0.05, 0) is 90.0 Å². The topological polar surface area (TPSA) is 92.6 Å². The van der Waals surface area contributed by atoms with Crippen LogP contribution in [0.15, 0.2) is 270 Å². The van der Waals surface area contributed by atoms with Crippen LogP contribution in [0.3, 0.4) is 0 Å². The van der Waals surface area contributed by atoms with Gasteiger partial charge in [0.2, 0.25) is 11.7 Å². The molecule has 0 unspecified atom stereocenters. The highest BCUT2D eigenvalue weighted by molar-refractivity contribution is 6.20. The van der Waals surface area contributed by atoms with E-state index in [1.165, 1.54) is 0 Å². The van der Waals surface area contributed by atoms with Crippen molar-refractivity contribution in [1.29, 1.82) is 0 Å². The maximum atomic E-state index is 6.93. The third kappa shape index (κ3) is 6.76.